The predicted octanol–water partition coefficient (Wildman–Crippen LogP) is 3.02. The lowest BCUT2D eigenvalue weighted by molar-refractivity contribution is 0.313. The lowest BCUT2D eigenvalue weighted by atomic mass is 10.0. The lowest BCUT2D eigenvalue weighted by Crippen LogP contribution is -2.44. The number of pyridine rings is 3. The van der Waals surface area contributed by atoms with E-state index in [4.69, 9.17) is 4.98 Å². The van der Waals surface area contributed by atoms with Crippen molar-refractivity contribution in [2.24, 2.45) is 0 Å². The zero-order valence-corrected chi connectivity index (χ0v) is 18.0. The van der Waals surface area contributed by atoms with Gasteiger partial charge in [-0.15, -0.1) is 0 Å². The smallest absolute Gasteiger partial charge is 0.181 e. The quantitative estimate of drug-likeness (QED) is 0.458. The van der Waals surface area contributed by atoms with Crippen molar-refractivity contribution in [1.29, 1.82) is 0 Å². The Hall–Kier alpha value is -3.85. The number of imidazole rings is 1. The Morgan fingerprint density at radius 3 is 2.72 bits per heavy atom. The second-order valence-electron chi connectivity index (χ2n) is 8.31. The zero-order valence-electron chi connectivity index (χ0n) is 18.0. The van der Waals surface area contributed by atoms with Gasteiger partial charge in [0.1, 0.15) is 11.2 Å². The third-order valence-corrected chi connectivity index (χ3v) is 6.22. The van der Waals surface area contributed by atoms with E-state index in [-0.39, 0.29) is 0 Å². The van der Waals surface area contributed by atoms with Crippen molar-refractivity contribution < 1.29 is 0 Å². The second kappa shape index (κ2) is 7.38. The van der Waals surface area contributed by atoms with E-state index in [2.05, 4.69) is 60.0 Å². The number of hydrogen-bond donors (Lipinski definition) is 2. The summed E-state index contributed by atoms with van der Waals surface area (Å²) >= 11 is 0. The molecule has 0 saturated carbocycles. The van der Waals surface area contributed by atoms with Crippen molar-refractivity contribution in [3.05, 3.63) is 48.7 Å². The molecule has 0 atom stereocenters. The number of fused-ring (bicyclic) bond motifs is 2. The van der Waals surface area contributed by atoms with Gasteiger partial charge in [0.25, 0.3) is 0 Å². The molecule has 32 heavy (non-hydrogen) atoms. The molecule has 6 heterocycles. The molecule has 2 N–H and O–H groups in total. The monoisotopic (exact) mass is 425 g/mol. The molecule has 1 saturated heterocycles. The highest BCUT2D eigenvalue weighted by atomic mass is 15.3. The number of nitrogens with one attached hydrogen (secondary N) is 2. The van der Waals surface area contributed by atoms with Crippen LogP contribution in [-0.4, -0.2) is 73.2 Å². The molecule has 1 aliphatic rings. The van der Waals surface area contributed by atoms with Crippen LogP contribution in [0.1, 0.15) is 5.56 Å². The average Bonchev–Trinajstić information content (AvgIpc) is 3.43. The van der Waals surface area contributed by atoms with Gasteiger partial charge in [0.2, 0.25) is 0 Å². The Bertz CT molecular complexity index is 1430. The van der Waals surface area contributed by atoms with Crippen LogP contribution < -0.4 is 4.90 Å². The van der Waals surface area contributed by atoms with Crippen LogP contribution in [0.5, 0.6) is 0 Å². The summed E-state index contributed by atoms with van der Waals surface area (Å²) in [5.41, 5.74) is 7.58. The maximum atomic E-state index is 4.96. The Kier molecular flexibility index (Phi) is 4.36. The minimum Gasteiger partial charge on any atom is -0.366 e. The molecule has 0 radical (unpaired) electrons. The van der Waals surface area contributed by atoms with Gasteiger partial charge in [-0.05, 0) is 31.7 Å². The molecule has 9 nitrogen and oxygen atoms in total. The molecule has 160 valence electrons. The average molecular weight is 426 g/mol. The fourth-order valence-corrected chi connectivity index (χ4v) is 4.31. The number of aryl methyl sites for hydroxylation is 1. The highest BCUT2D eigenvalue weighted by Crippen LogP contribution is 2.32. The molecule has 1 fully saturated rings. The van der Waals surface area contributed by atoms with E-state index in [1.807, 2.05) is 30.9 Å². The summed E-state index contributed by atoms with van der Waals surface area (Å²) in [4.78, 5) is 26.4. The van der Waals surface area contributed by atoms with Gasteiger partial charge in [0.15, 0.2) is 11.5 Å². The first-order chi connectivity index (χ1) is 15.7. The number of anilines is 1. The van der Waals surface area contributed by atoms with E-state index in [0.717, 1.165) is 76.5 Å². The summed E-state index contributed by atoms with van der Waals surface area (Å²) in [7, 11) is 2.15. The standard InChI is InChI=1S/C23H23N9/c1-14-3-4-24-11-17(14)15-9-16-20(29-30-22(16)26-10-15)23-27-18-12-25-13-19(21(18)28-23)32-7-5-31(2)6-8-32/h3-4,9-13H,5-8H2,1-2H3,(H,27,28)(H,26,29,30). The number of piperazine rings is 1. The van der Waals surface area contributed by atoms with E-state index in [9.17, 15) is 0 Å². The molecular formula is C23H23N9. The van der Waals surface area contributed by atoms with Crippen LogP contribution in [0.3, 0.4) is 0 Å². The molecule has 0 unspecified atom stereocenters. The lowest BCUT2D eigenvalue weighted by Gasteiger charge is -2.33. The van der Waals surface area contributed by atoms with Gasteiger partial charge in [0.05, 0.1) is 29.0 Å². The maximum Gasteiger partial charge on any atom is 0.181 e. The molecule has 0 bridgehead atoms. The molecule has 1 aliphatic heterocycles. The SMILES string of the molecule is Cc1ccncc1-c1cnc2n[nH]c(-c3nc4c(N5CCN(C)CC5)cncc4[nH]3)c2c1. The third kappa shape index (κ3) is 3.09. The normalized spacial score (nSPS) is 15.1. The summed E-state index contributed by atoms with van der Waals surface area (Å²) in [6, 6.07) is 4.10. The van der Waals surface area contributed by atoms with E-state index in [1.54, 1.807) is 6.20 Å². The Morgan fingerprint density at radius 1 is 1.00 bits per heavy atom. The van der Waals surface area contributed by atoms with Crippen molar-refractivity contribution in [2.75, 3.05) is 38.1 Å². The number of likely N-dealkylation sites (N-methyl/N-ethyl adjacent to an activating group) is 1. The highest BCUT2D eigenvalue weighted by molar-refractivity contribution is 5.95. The van der Waals surface area contributed by atoms with Gasteiger partial charge in [-0.2, -0.15) is 5.10 Å². The topological polar surface area (TPSA) is 103 Å². The second-order valence-corrected chi connectivity index (χ2v) is 8.31. The van der Waals surface area contributed by atoms with Gasteiger partial charge in [-0.1, -0.05) is 0 Å². The van der Waals surface area contributed by atoms with Crippen LogP contribution >= 0.6 is 0 Å². The summed E-state index contributed by atoms with van der Waals surface area (Å²) in [6.45, 7) is 6.06. The summed E-state index contributed by atoms with van der Waals surface area (Å²) in [5.74, 6) is 0.729. The van der Waals surface area contributed by atoms with E-state index in [1.165, 1.54) is 0 Å². The van der Waals surface area contributed by atoms with Crippen LogP contribution in [0, 0.1) is 6.92 Å². The molecule has 0 aromatic carbocycles. The third-order valence-electron chi connectivity index (χ3n) is 6.22. The van der Waals surface area contributed by atoms with Crippen LogP contribution in [0.15, 0.2) is 43.1 Å². The molecule has 0 amide bonds. The summed E-state index contributed by atoms with van der Waals surface area (Å²) in [6.07, 6.45) is 9.24. The van der Waals surface area contributed by atoms with Crippen molar-refractivity contribution in [3.63, 3.8) is 0 Å². The first-order valence-corrected chi connectivity index (χ1v) is 10.7. The predicted molar refractivity (Wildman–Crippen MR) is 124 cm³/mol. The van der Waals surface area contributed by atoms with Crippen LogP contribution in [0.25, 0.3) is 44.7 Å². The van der Waals surface area contributed by atoms with Crippen molar-refractivity contribution in [3.8, 4) is 22.6 Å². The maximum absolute atomic E-state index is 4.96. The first-order valence-electron chi connectivity index (χ1n) is 10.7. The number of nitrogens with zero attached hydrogens (tertiary/aromatic N) is 7. The number of aromatic amines is 2. The van der Waals surface area contributed by atoms with Gasteiger partial charge in [-0.25, -0.2) is 9.97 Å². The molecular weight excluding hydrogens is 402 g/mol. The van der Waals surface area contributed by atoms with E-state index < -0.39 is 0 Å². The first kappa shape index (κ1) is 18.9. The van der Waals surface area contributed by atoms with Crippen molar-refractivity contribution in [2.45, 2.75) is 6.92 Å². The number of rotatable bonds is 3. The van der Waals surface area contributed by atoms with Crippen LogP contribution in [0.4, 0.5) is 5.69 Å². The highest BCUT2D eigenvalue weighted by Gasteiger charge is 2.20. The fourth-order valence-electron chi connectivity index (χ4n) is 4.31. The van der Waals surface area contributed by atoms with Gasteiger partial charge in [-0.3, -0.25) is 15.1 Å². The van der Waals surface area contributed by atoms with E-state index >= 15 is 0 Å². The van der Waals surface area contributed by atoms with Gasteiger partial charge < -0.3 is 14.8 Å². The molecule has 0 spiro atoms. The fraction of sp³-hybridized carbons (Fsp3) is 0.261. The van der Waals surface area contributed by atoms with Gasteiger partial charge >= 0.3 is 0 Å². The van der Waals surface area contributed by atoms with E-state index in [0.29, 0.717) is 5.65 Å². The minimum absolute atomic E-state index is 0.656. The van der Waals surface area contributed by atoms with Crippen molar-refractivity contribution >= 4 is 27.8 Å². The Labute approximate surface area is 184 Å². The molecule has 9 heteroatoms. The molecule has 0 aliphatic carbocycles. The van der Waals surface area contributed by atoms with Crippen LogP contribution in [-0.2, 0) is 0 Å². The Morgan fingerprint density at radius 2 is 1.88 bits per heavy atom. The van der Waals surface area contributed by atoms with Crippen LogP contribution in [0.2, 0.25) is 0 Å². The number of H-pyrrole nitrogens is 2. The molecule has 6 rings (SSSR count). The zero-order chi connectivity index (χ0) is 21.7. The Balaban J connectivity index is 1.45. The van der Waals surface area contributed by atoms with Gasteiger partial charge in [0, 0.05) is 55.9 Å². The largest absolute Gasteiger partial charge is 0.366 e. The van der Waals surface area contributed by atoms with Crippen molar-refractivity contribution in [1.82, 2.24) is 40.0 Å². The molecule has 5 aromatic heterocycles. The summed E-state index contributed by atoms with van der Waals surface area (Å²) in [5, 5.41) is 8.44. The molecule has 5 aromatic rings. The summed E-state index contributed by atoms with van der Waals surface area (Å²) < 4.78 is 0. The minimum atomic E-state index is 0.656. The number of hydrogen-bond acceptors (Lipinski definition) is 7. The number of aromatic nitrogens is 7.